The Balaban J connectivity index is 1.71. The van der Waals surface area contributed by atoms with Gasteiger partial charge in [-0.25, -0.2) is 0 Å². The van der Waals surface area contributed by atoms with Gasteiger partial charge in [-0.05, 0) is 42.6 Å². The van der Waals surface area contributed by atoms with Gasteiger partial charge in [0.05, 0.1) is 6.10 Å². The van der Waals surface area contributed by atoms with E-state index >= 15 is 0 Å². The molecule has 2 N–H and O–H groups in total. The molecule has 0 heterocycles. The summed E-state index contributed by atoms with van der Waals surface area (Å²) in [6.45, 7) is 0.978. The number of nitrogens with one attached hydrogen (secondary N) is 1. The standard InChI is InChI=1S/C18H20F3NO2/c19-18(20,21)24-17-8-4-7-15(12-17)13-22-10-9-16(23)11-14-5-2-1-3-6-14/h1-8,12,16,22-23H,9-11,13H2. The van der Waals surface area contributed by atoms with E-state index in [1.54, 1.807) is 6.07 Å². The number of halogens is 3. The lowest BCUT2D eigenvalue weighted by Crippen LogP contribution is -2.21. The molecule has 2 rings (SSSR count). The lowest BCUT2D eigenvalue weighted by atomic mass is 10.1. The van der Waals surface area contributed by atoms with E-state index in [2.05, 4.69) is 10.1 Å². The molecule has 0 saturated heterocycles. The minimum absolute atomic E-state index is 0.231. The molecule has 0 aliphatic rings. The highest BCUT2D eigenvalue weighted by molar-refractivity contribution is 5.28. The van der Waals surface area contributed by atoms with Gasteiger partial charge in [-0.15, -0.1) is 13.2 Å². The van der Waals surface area contributed by atoms with Crippen molar-refractivity contribution in [2.75, 3.05) is 6.54 Å². The Hall–Kier alpha value is -2.05. The van der Waals surface area contributed by atoms with Crippen molar-refractivity contribution in [3.05, 3.63) is 65.7 Å². The quantitative estimate of drug-likeness (QED) is 0.721. The summed E-state index contributed by atoms with van der Waals surface area (Å²) in [5.41, 5.74) is 1.76. The molecule has 6 heteroatoms. The van der Waals surface area contributed by atoms with Crippen LogP contribution in [0.3, 0.4) is 0 Å². The third-order valence-corrected chi connectivity index (χ3v) is 3.43. The third-order valence-electron chi connectivity index (χ3n) is 3.43. The lowest BCUT2D eigenvalue weighted by molar-refractivity contribution is -0.274. The van der Waals surface area contributed by atoms with Crippen molar-refractivity contribution in [2.45, 2.75) is 31.9 Å². The lowest BCUT2D eigenvalue weighted by Gasteiger charge is -2.12. The van der Waals surface area contributed by atoms with Gasteiger partial charge in [0.15, 0.2) is 0 Å². The van der Waals surface area contributed by atoms with Crippen LogP contribution < -0.4 is 10.1 Å². The second-order valence-corrected chi connectivity index (χ2v) is 5.50. The smallest absolute Gasteiger partial charge is 0.406 e. The van der Waals surface area contributed by atoms with Crippen molar-refractivity contribution < 1.29 is 23.0 Å². The Morgan fingerprint density at radius 1 is 1.00 bits per heavy atom. The average Bonchev–Trinajstić information content (AvgIpc) is 2.51. The van der Waals surface area contributed by atoms with Crippen molar-refractivity contribution in [3.63, 3.8) is 0 Å². The van der Waals surface area contributed by atoms with E-state index < -0.39 is 12.5 Å². The van der Waals surface area contributed by atoms with E-state index in [1.165, 1.54) is 18.2 Å². The van der Waals surface area contributed by atoms with Gasteiger partial charge in [0.2, 0.25) is 0 Å². The molecule has 0 aliphatic heterocycles. The predicted molar refractivity (Wildman–Crippen MR) is 85.6 cm³/mol. The van der Waals surface area contributed by atoms with Crippen molar-refractivity contribution in [1.29, 1.82) is 0 Å². The highest BCUT2D eigenvalue weighted by Crippen LogP contribution is 2.23. The van der Waals surface area contributed by atoms with E-state index in [9.17, 15) is 18.3 Å². The Morgan fingerprint density at radius 2 is 1.71 bits per heavy atom. The largest absolute Gasteiger partial charge is 0.573 e. The number of hydrogen-bond acceptors (Lipinski definition) is 3. The molecule has 0 aromatic heterocycles. The first-order valence-corrected chi connectivity index (χ1v) is 7.70. The second kappa shape index (κ2) is 8.70. The van der Waals surface area contributed by atoms with Crippen LogP contribution in [0.1, 0.15) is 17.5 Å². The summed E-state index contributed by atoms with van der Waals surface area (Å²) in [6, 6.07) is 15.5. The van der Waals surface area contributed by atoms with Crippen molar-refractivity contribution in [1.82, 2.24) is 5.32 Å². The molecular weight excluding hydrogens is 319 g/mol. The van der Waals surface area contributed by atoms with Crippen molar-refractivity contribution in [2.24, 2.45) is 0 Å². The monoisotopic (exact) mass is 339 g/mol. The zero-order chi connectivity index (χ0) is 17.4. The van der Waals surface area contributed by atoms with Crippen LogP contribution in [0.2, 0.25) is 0 Å². The fourth-order valence-electron chi connectivity index (χ4n) is 2.34. The summed E-state index contributed by atoms with van der Waals surface area (Å²) in [6.07, 6.45) is -4.00. The summed E-state index contributed by atoms with van der Waals surface area (Å²) in [4.78, 5) is 0. The van der Waals surface area contributed by atoms with Crippen molar-refractivity contribution >= 4 is 0 Å². The van der Waals surface area contributed by atoms with Crippen LogP contribution in [0, 0.1) is 0 Å². The maximum atomic E-state index is 12.2. The van der Waals surface area contributed by atoms with Crippen LogP contribution in [0.25, 0.3) is 0 Å². The normalized spacial score (nSPS) is 12.8. The highest BCUT2D eigenvalue weighted by Gasteiger charge is 2.31. The van der Waals surface area contributed by atoms with Gasteiger partial charge in [0.1, 0.15) is 5.75 Å². The Labute approximate surface area is 139 Å². The van der Waals surface area contributed by atoms with E-state index in [4.69, 9.17) is 0 Å². The van der Waals surface area contributed by atoms with Crippen molar-refractivity contribution in [3.8, 4) is 5.75 Å². The van der Waals surface area contributed by atoms with E-state index in [1.807, 2.05) is 30.3 Å². The minimum atomic E-state index is -4.69. The molecule has 0 bridgehead atoms. The Morgan fingerprint density at radius 3 is 2.42 bits per heavy atom. The highest BCUT2D eigenvalue weighted by atomic mass is 19.4. The van der Waals surface area contributed by atoms with Gasteiger partial charge in [-0.1, -0.05) is 42.5 Å². The number of hydrogen-bond donors (Lipinski definition) is 2. The number of alkyl halides is 3. The Bertz CT molecular complexity index is 617. The van der Waals surface area contributed by atoms with Gasteiger partial charge in [-0.3, -0.25) is 0 Å². The number of aliphatic hydroxyl groups is 1. The number of rotatable bonds is 8. The fraction of sp³-hybridized carbons (Fsp3) is 0.333. The van der Waals surface area contributed by atoms with Gasteiger partial charge >= 0.3 is 6.36 Å². The number of benzene rings is 2. The summed E-state index contributed by atoms with van der Waals surface area (Å²) < 4.78 is 40.4. The van der Waals surface area contributed by atoms with Crippen LogP contribution in [0.5, 0.6) is 5.75 Å². The zero-order valence-electron chi connectivity index (χ0n) is 13.1. The first-order valence-electron chi connectivity index (χ1n) is 7.70. The Kier molecular flexibility index (Phi) is 6.63. The molecular formula is C18H20F3NO2. The van der Waals surface area contributed by atoms with Gasteiger partial charge in [-0.2, -0.15) is 0 Å². The maximum absolute atomic E-state index is 12.2. The average molecular weight is 339 g/mol. The van der Waals surface area contributed by atoms with Gasteiger partial charge in [0.25, 0.3) is 0 Å². The summed E-state index contributed by atoms with van der Waals surface area (Å²) in [5.74, 6) is -0.231. The summed E-state index contributed by atoms with van der Waals surface area (Å²) >= 11 is 0. The molecule has 0 amide bonds. The van der Waals surface area contributed by atoms with Gasteiger partial charge < -0.3 is 15.2 Å². The molecule has 0 aliphatic carbocycles. The third kappa shape index (κ3) is 7.02. The van der Waals surface area contributed by atoms with Gasteiger partial charge in [0, 0.05) is 6.54 Å². The molecule has 2 aromatic rings. The zero-order valence-corrected chi connectivity index (χ0v) is 13.1. The number of aliphatic hydroxyl groups excluding tert-OH is 1. The van der Waals surface area contributed by atoms with E-state index in [-0.39, 0.29) is 5.75 Å². The first kappa shape index (κ1) is 18.3. The molecule has 0 fully saturated rings. The van der Waals surface area contributed by atoms with Crippen LogP contribution in [-0.2, 0) is 13.0 Å². The summed E-state index contributed by atoms with van der Waals surface area (Å²) in [5, 5.41) is 13.1. The molecule has 1 atom stereocenters. The fourth-order valence-corrected chi connectivity index (χ4v) is 2.34. The molecule has 3 nitrogen and oxygen atoms in total. The molecule has 2 aromatic carbocycles. The van der Waals surface area contributed by atoms with Crippen LogP contribution in [0.15, 0.2) is 54.6 Å². The van der Waals surface area contributed by atoms with E-state index in [0.29, 0.717) is 31.5 Å². The van der Waals surface area contributed by atoms with Crippen LogP contribution in [-0.4, -0.2) is 24.1 Å². The molecule has 0 saturated carbocycles. The maximum Gasteiger partial charge on any atom is 0.573 e. The molecule has 1 unspecified atom stereocenters. The predicted octanol–water partition coefficient (Wildman–Crippen LogP) is 3.67. The molecule has 0 radical (unpaired) electrons. The summed E-state index contributed by atoms with van der Waals surface area (Å²) in [7, 11) is 0. The molecule has 130 valence electrons. The number of ether oxygens (including phenoxy) is 1. The topological polar surface area (TPSA) is 41.5 Å². The van der Waals surface area contributed by atoms with E-state index in [0.717, 1.165) is 5.56 Å². The minimum Gasteiger partial charge on any atom is -0.406 e. The molecule has 0 spiro atoms. The molecule has 24 heavy (non-hydrogen) atoms. The second-order valence-electron chi connectivity index (χ2n) is 5.50. The first-order chi connectivity index (χ1) is 11.4. The van der Waals surface area contributed by atoms with Crippen LogP contribution >= 0.6 is 0 Å². The SMILES string of the molecule is OC(CCNCc1cccc(OC(F)(F)F)c1)Cc1ccccc1. The van der Waals surface area contributed by atoms with Crippen LogP contribution in [0.4, 0.5) is 13.2 Å².